The van der Waals surface area contributed by atoms with Gasteiger partial charge in [0.05, 0.1) is 18.3 Å². The Balaban J connectivity index is 2.17. The molecule has 84 valence electrons. The van der Waals surface area contributed by atoms with Crippen molar-refractivity contribution in [3.05, 3.63) is 0 Å². The van der Waals surface area contributed by atoms with E-state index in [1.165, 1.54) is 0 Å². The molecular formula is C11H23NO2. The molecular weight excluding hydrogens is 178 g/mol. The van der Waals surface area contributed by atoms with E-state index >= 15 is 0 Å². The van der Waals surface area contributed by atoms with Crippen LogP contribution in [0.4, 0.5) is 0 Å². The van der Waals surface area contributed by atoms with E-state index in [4.69, 9.17) is 9.84 Å². The second-order valence-electron chi connectivity index (χ2n) is 4.52. The van der Waals surface area contributed by atoms with Gasteiger partial charge in [-0.1, -0.05) is 0 Å². The highest BCUT2D eigenvalue weighted by Crippen LogP contribution is 2.18. The van der Waals surface area contributed by atoms with E-state index < -0.39 is 0 Å². The first-order chi connectivity index (χ1) is 6.58. The molecule has 1 aliphatic rings. The van der Waals surface area contributed by atoms with Crippen molar-refractivity contribution in [2.24, 2.45) is 0 Å². The summed E-state index contributed by atoms with van der Waals surface area (Å²) in [6.45, 7) is 6.98. The van der Waals surface area contributed by atoms with E-state index in [1.807, 2.05) is 6.92 Å². The van der Waals surface area contributed by atoms with E-state index in [1.54, 1.807) is 0 Å². The first-order valence-electron chi connectivity index (χ1n) is 5.65. The van der Waals surface area contributed by atoms with Gasteiger partial charge in [-0.15, -0.1) is 0 Å². The van der Waals surface area contributed by atoms with E-state index in [0.29, 0.717) is 18.2 Å². The number of aliphatic hydroxyl groups excluding tert-OH is 1. The lowest BCUT2D eigenvalue weighted by Gasteiger charge is -2.32. The first-order valence-corrected chi connectivity index (χ1v) is 5.65. The van der Waals surface area contributed by atoms with Crippen molar-refractivity contribution < 1.29 is 9.84 Å². The molecule has 3 atom stereocenters. The lowest BCUT2D eigenvalue weighted by molar-refractivity contribution is -0.0422. The van der Waals surface area contributed by atoms with Gasteiger partial charge in [0.2, 0.25) is 0 Å². The van der Waals surface area contributed by atoms with Crippen LogP contribution in [-0.2, 0) is 4.74 Å². The molecule has 0 radical (unpaired) electrons. The van der Waals surface area contributed by atoms with Crippen molar-refractivity contribution >= 4 is 0 Å². The molecule has 3 nitrogen and oxygen atoms in total. The molecule has 0 saturated carbocycles. The number of aliphatic hydroxyl groups is 1. The molecule has 0 aromatic rings. The van der Waals surface area contributed by atoms with E-state index in [2.05, 4.69) is 19.2 Å². The monoisotopic (exact) mass is 201 g/mol. The number of hydrogen-bond donors (Lipinski definition) is 2. The molecule has 2 N–H and O–H groups in total. The quantitative estimate of drug-likeness (QED) is 0.720. The highest BCUT2D eigenvalue weighted by atomic mass is 16.5. The molecule has 0 spiro atoms. The molecule has 1 saturated heterocycles. The van der Waals surface area contributed by atoms with Gasteiger partial charge in [-0.05, 0) is 46.6 Å². The summed E-state index contributed by atoms with van der Waals surface area (Å²) >= 11 is 0. The summed E-state index contributed by atoms with van der Waals surface area (Å²) in [4.78, 5) is 0. The Labute approximate surface area is 86.8 Å². The van der Waals surface area contributed by atoms with Gasteiger partial charge in [0.25, 0.3) is 0 Å². The summed E-state index contributed by atoms with van der Waals surface area (Å²) in [6.07, 6.45) is 3.54. The first kappa shape index (κ1) is 12.0. The molecule has 0 aromatic carbocycles. The van der Waals surface area contributed by atoms with Crippen LogP contribution < -0.4 is 5.32 Å². The van der Waals surface area contributed by atoms with Crippen LogP contribution >= 0.6 is 0 Å². The second kappa shape index (κ2) is 5.69. The summed E-state index contributed by atoms with van der Waals surface area (Å²) in [7, 11) is 0. The standard InChI is InChI=1S/C11H23NO2/c1-8(13)4-5-12-11-6-9(2)14-10(3)7-11/h8-13H,4-7H2,1-3H3. The molecule has 14 heavy (non-hydrogen) atoms. The number of ether oxygens (including phenoxy) is 1. The minimum Gasteiger partial charge on any atom is -0.393 e. The zero-order chi connectivity index (χ0) is 10.6. The molecule has 1 fully saturated rings. The second-order valence-corrected chi connectivity index (χ2v) is 4.52. The smallest absolute Gasteiger partial charge is 0.0565 e. The molecule has 3 heteroatoms. The Kier molecular flexibility index (Phi) is 4.85. The van der Waals surface area contributed by atoms with Gasteiger partial charge in [-0.2, -0.15) is 0 Å². The van der Waals surface area contributed by atoms with Crippen LogP contribution in [0.1, 0.15) is 40.0 Å². The number of hydrogen-bond acceptors (Lipinski definition) is 3. The Morgan fingerprint density at radius 3 is 2.43 bits per heavy atom. The largest absolute Gasteiger partial charge is 0.393 e. The van der Waals surface area contributed by atoms with Crippen LogP contribution in [0.2, 0.25) is 0 Å². The zero-order valence-corrected chi connectivity index (χ0v) is 9.49. The maximum absolute atomic E-state index is 9.12. The average Bonchev–Trinajstić information content (AvgIpc) is 2.01. The lowest BCUT2D eigenvalue weighted by Crippen LogP contribution is -2.42. The van der Waals surface area contributed by atoms with Crippen molar-refractivity contribution in [1.29, 1.82) is 0 Å². The number of nitrogens with one attached hydrogen (secondary N) is 1. The van der Waals surface area contributed by atoms with Crippen molar-refractivity contribution in [1.82, 2.24) is 5.32 Å². The van der Waals surface area contributed by atoms with Gasteiger partial charge in [0, 0.05) is 6.04 Å². The zero-order valence-electron chi connectivity index (χ0n) is 9.49. The lowest BCUT2D eigenvalue weighted by atomic mass is 10.00. The molecule has 0 aromatic heterocycles. The SMILES string of the molecule is CC(O)CCNC1CC(C)OC(C)C1. The van der Waals surface area contributed by atoms with Crippen LogP contribution in [0.15, 0.2) is 0 Å². The van der Waals surface area contributed by atoms with Crippen LogP contribution in [0.3, 0.4) is 0 Å². The maximum atomic E-state index is 9.12. The van der Waals surface area contributed by atoms with Gasteiger partial charge in [-0.25, -0.2) is 0 Å². The molecule has 1 aliphatic heterocycles. The molecule has 0 aliphatic carbocycles. The minimum absolute atomic E-state index is 0.197. The normalized spacial score (nSPS) is 35.6. The highest BCUT2D eigenvalue weighted by molar-refractivity contribution is 4.78. The third-order valence-electron chi connectivity index (χ3n) is 2.69. The summed E-state index contributed by atoms with van der Waals surface area (Å²) in [5.74, 6) is 0. The van der Waals surface area contributed by atoms with Crippen LogP contribution in [-0.4, -0.2) is 36.0 Å². The topological polar surface area (TPSA) is 41.5 Å². The minimum atomic E-state index is -0.197. The Bertz CT molecular complexity index is 151. The van der Waals surface area contributed by atoms with Crippen LogP contribution in [0.5, 0.6) is 0 Å². The van der Waals surface area contributed by atoms with E-state index in [0.717, 1.165) is 25.8 Å². The molecule has 1 rings (SSSR count). The fourth-order valence-corrected chi connectivity index (χ4v) is 2.07. The summed E-state index contributed by atoms with van der Waals surface area (Å²) < 4.78 is 5.65. The van der Waals surface area contributed by atoms with Crippen molar-refractivity contribution in [2.45, 2.75) is 64.4 Å². The summed E-state index contributed by atoms with van der Waals surface area (Å²) in [5, 5.41) is 12.6. The van der Waals surface area contributed by atoms with Crippen LogP contribution in [0, 0.1) is 0 Å². The summed E-state index contributed by atoms with van der Waals surface area (Å²) in [6, 6.07) is 0.562. The highest BCUT2D eigenvalue weighted by Gasteiger charge is 2.23. The fraction of sp³-hybridized carbons (Fsp3) is 1.00. The third kappa shape index (κ3) is 4.40. The van der Waals surface area contributed by atoms with Gasteiger partial charge < -0.3 is 15.2 Å². The van der Waals surface area contributed by atoms with Gasteiger partial charge in [0.1, 0.15) is 0 Å². The third-order valence-corrected chi connectivity index (χ3v) is 2.69. The fourth-order valence-electron chi connectivity index (χ4n) is 2.07. The predicted octanol–water partition coefficient (Wildman–Crippen LogP) is 1.30. The van der Waals surface area contributed by atoms with Crippen molar-refractivity contribution in [3.8, 4) is 0 Å². The number of rotatable bonds is 4. The molecule has 0 bridgehead atoms. The maximum Gasteiger partial charge on any atom is 0.0565 e. The summed E-state index contributed by atoms with van der Waals surface area (Å²) in [5.41, 5.74) is 0. The Morgan fingerprint density at radius 1 is 1.36 bits per heavy atom. The van der Waals surface area contributed by atoms with Crippen molar-refractivity contribution in [3.63, 3.8) is 0 Å². The van der Waals surface area contributed by atoms with Gasteiger partial charge in [0.15, 0.2) is 0 Å². The average molecular weight is 201 g/mol. The van der Waals surface area contributed by atoms with Gasteiger partial charge >= 0.3 is 0 Å². The molecule has 3 unspecified atom stereocenters. The Morgan fingerprint density at radius 2 is 1.93 bits per heavy atom. The van der Waals surface area contributed by atoms with Crippen LogP contribution in [0.25, 0.3) is 0 Å². The van der Waals surface area contributed by atoms with E-state index in [-0.39, 0.29) is 6.10 Å². The Hall–Kier alpha value is -0.120. The van der Waals surface area contributed by atoms with Gasteiger partial charge in [-0.3, -0.25) is 0 Å². The molecule has 1 heterocycles. The van der Waals surface area contributed by atoms with Crippen molar-refractivity contribution in [2.75, 3.05) is 6.54 Å². The van der Waals surface area contributed by atoms with E-state index in [9.17, 15) is 0 Å². The molecule has 0 amide bonds. The predicted molar refractivity (Wildman–Crippen MR) is 57.3 cm³/mol.